The van der Waals surface area contributed by atoms with E-state index in [1.807, 2.05) is 74.0 Å². The number of nitrogens with one attached hydrogen (secondary N) is 3. The van der Waals surface area contributed by atoms with Crippen molar-refractivity contribution >= 4 is 126 Å². The first-order chi connectivity index (χ1) is 49.3. The minimum atomic E-state index is -1.77. The van der Waals surface area contributed by atoms with Crippen molar-refractivity contribution in [1.29, 1.82) is 0 Å². The zero-order valence-corrected chi connectivity index (χ0v) is 74.7. The van der Waals surface area contributed by atoms with Gasteiger partial charge in [-0.3, -0.25) is 0 Å². The molecular weight excluding hydrogens is 1500 g/mol. The molecule has 0 bridgehead atoms. The SMILES string of the molecule is CC1(C)OB(B2OC(C)(C)C(C)(C)O2)OC1(C)C.CCCCNc1ncc2c(B3OC(C)(C)C(C)(C)O3)cn(C3CCC(O[Si](C)(C)C(C)(C)C)CC3)c2n1.CCCCNc1ncc2c(Br)cn(C3CCC(O)CC3)c2n1.CCCCNc1ncc2c(Br)cn(C3CCC(O[Si](C)(C)C(C)(C)C)CC3)c2n1. The van der Waals surface area contributed by atoms with Crippen LogP contribution in [0.5, 0.6) is 0 Å². The second-order valence-electron chi connectivity index (χ2n) is 36.8. The van der Waals surface area contributed by atoms with Gasteiger partial charge in [-0.1, -0.05) is 81.6 Å². The lowest BCUT2D eigenvalue weighted by Crippen LogP contribution is -2.44. The molecule has 9 heterocycles. The third kappa shape index (κ3) is 20.3. The van der Waals surface area contributed by atoms with Crippen LogP contribution in [0.1, 0.15) is 279 Å². The zero-order valence-electron chi connectivity index (χ0n) is 69.5. The van der Waals surface area contributed by atoms with Crippen LogP contribution in [0.15, 0.2) is 46.1 Å². The fraction of sp³-hybridized carbons (Fsp3) is 0.769. The smallest absolute Gasteiger partial charge is 0.414 e. The van der Waals surface area contributed by atoms with E-state index in [0.29, 0.717) is 42.2 Å². The summed E-state index contributed by atoms with van der Waals surface area (Å²) >= 11 is 7.32. The van der Waals surface area contributed by atoms with Crippen LogP contribution in [-0.2, 0) is 36.8 Å². The topological polar surface area (TPSA) is 222 Å². The molecule has 6 fully saturated rings. The van der Waals surface area contributed by atoms with Crippen LogP contribution in [0.3, 0.4) is 0 Å². The van der Waals surface area contributed by atoms with Gasteiger partial charge in [0.05, 0.1) is 50.5 Å². The largest absolute Gasteiger partial charge is 0.497 e. The Balaban J connectivity index is 0.000000169. The maximum Gasteiger partial charge on any atom is 0.497 e. The van der Waals surface area contributed by atoms with Gasteiger partial charge in [-0.25, -0.2) is 15.0 Å². The fourth-order valence-electron chi connectivity index (χ4n) is 13.8. The molecule has 12 rings (SSSR count). The predicted octanol–water partition coefficient (Wildman–Crippen LogP) is 19.5. The highest BCUT2D eigenvalue weighted by molar-refractivity contribution is 9.11. The number of rotatable bonds is 21. The maximum atomic E-state index is 9.70. The van der Waals surface area contributed by atoms with Gasteiger partial charge in [-0.05, 0) is 248 Å². The highest BCUT2D eigenvalue weighted by Crippen LogP contribution is 2.47. The van der Waals surface area contributed by atoms with E-state index in [2.05, 4.69) is 211 Å². The summed E-state index contributed by atoms with van der Waals surface area (Å²) in [5.74, 6) is 2.12. The van der Waals surface area contributed by atoms with Gasteiger partial charge in [-0.2, -0.15) is 15.0 Å². The number of anilines is 3. The van der Waals surface area contributed by atoms with Crippen LogP contribution in [-0.4, -0.2) is 158 Å². The van der Waals surface area contributed by atoms with Gasteiger partial charge in [0.15, 0.2) is 16.6 Å². The summed E-state index contributed by atoms with van der Waals surface area (Å²) in [6.45, 7) is 57.2. The summed E-state index contributed by atoms with van der Waals surface area (Å²) < 4.78 is 59.3. The molecule has 6 aromatic rings. The Morgan fingerprint density at radius 3 is 1.05 bits per heavy atom. The van der Waals surface area contributed by atoms with E-state index in [-0.39, 0.29) is 38.6 Å². The number of aliphatic hydroxyl groups excluding tert-OH is 1. The number of nitrogens with zero attached hydrogens (tertiary/aromatic N) is 9. The Hall–Kier alpha value is -3.51. The monoisotopic (exact) mass is 1630 g/mol. The third-order valence-corrected chi connectivity index (χ3v) is 35.4. The van der Waals surface area contributed by atoms with Crippen LogP contribution in [0.2, 0.25) is 36.3 Å². The second kappa shape index (κ2) is 34.4. The molecule has 0 unspecified atom stereocenters. The van der Waals surface area contributed by atoms with E-state index < -0.39 is 49.0 Å². The number of fused-ring (bicyclic) bond motifs is 3. The molecule has 0 radical (unpaired) electrons. The van der Waals surface area contributed by atoms with E-state index in [0.717, 1.165) is 189 Å². The van der Waals surface area contributed by atoms with Gasteiger partial charge >= 0.3 is 21.1 Å². The molecule has 21 nitrogen and oxygen atoms in total. The van der Waals surface area contributed by atoms with Crippen molar-refractivity contribution < 1.29 is 41.9 Å². The minimum absolute atomic E-state index is 0.137. The van der Waals surface area contributed by atoms with Crippen LogP contribution in [0.4, 0.5) is 17.8 Å². The second-order valence-corrected chi connectivity index (χ2v) is 48.0. The lowest BCUT2D eigenvalue weighted by molar-refractivity contribution is 0.00578. The maximum absolute atomic E-state index is 9.70. The average Bonchev–Trinajstić information content (AvgIpc) is 1.60. The van der Waals surface area contributed by atoms with Crippen molar-refractivity contribution in [1.82, 2.24) is 43.6 Å². The molecule has 0 atom stereocenters. The van der Waals surface area contributed by atoms with E-state index in [9.17, 15) is 5.11 Å². The normalized spacial score (nSPS) is 24.2. The van der Waals surface area contributed by atoms with Crippen molar-refractivity contribution in [3.8, 4) is 0 Å². The summed E-state index contributed by atoms with van der Waals surface area (Å²) in [5.41, 5.74) is 1.76. The predicted molar refractivity (Wildman–Crippen MR) is 449 cm³/mol. The molecule has 0 aromatic carbocycles. The molecule has 0 spiro atoms. The van der Waals surface area contributed by atoms with Crippen molar-refractivity contribution in [2.75, 3.05) is 35.6 Å². The molecule has 6 aliphatic rings. The molecule has 0 amide bonds. The number of hydrogen-bond acceptors (Lipinski definition) is 18. The highest BCUT2D eigenvalue weighted by atomic mass is 79.9. The first kappa shape index (κ1) is 86.5. The molecule has 28 heteroatoms. The number of aliphatic hydroxyl groups is 1. The van der Waals surface area contributed by atoms with Crippen molar-refractivity contribution in [2.24, 2.45) is 0 Å². The summed E-state index contributed by atoms with van der Waals surface area (Å²) in [4.78, 5) is 28.1. The molecule has 106 heavy (non-hydrogen) atoms. The van der Waals surface area contributed by atoms with Gasteiger partial charge in [0, 0.05) is 107 Å². The number of aromatic nitrogens is 9. The number of halogens is 2. The highest BCUT2D eigenvalue weighted by Gasteiger charge is 2.64. The Morgan fingerprint density at radius 1 is 0.453 bits per heavy atom. The summed E-state index contributed by atoms with van der Waals surface area (Å²) in [6, 6.07) is 1.26. The lowest BCUT2D eigenvalue weighted by atomic mass is 9.49. The quantitative estimate of drug-likeness (QED) is 0.0388. The average molecular weight is 1630 g/mol. The lowest BCUT2D eigenvalue weighted by Gasteiger charge is -2.41. The Labute approximate surface area is 656 Å². The van der Waals surface area contributed by atoms with Gasteiger partial charge in [-0.15, -0.1) is 0 Å². The van der Waals surface area contributed by atoms with E-state index in [1.54, 1.807) is 0 Å². The van der Waals surface area contributed by atoms with Crippen molar-refractivity contribution in [3.63, 3.8) is 0 Å². The summed E-state index contributed by atoms with van der Waals surface area (Å²) in [5, 5.41) is 23.4. The van der Waals surface area contributed by atoms with Crippen LogP contribution >= 0.6 is 31.9 Å². The number of hydrogen-bond donors (Lipinski definition) is 4. The molecule has 3 aliphatic carbocycles. The van der Waals surface area contributed by atoms with Gasteiger partial charge in [0.1, 0.15) is 16.9 Å². The van der Waals surface area contributed by atoms with Crippen LogP contribution in [0, 0.1) is 0 Å². The minimum Gasteiger partial charge on any atom is -0.414 e. The van der Waals surface area contributed by atoms with Crippen LogP contribution in [0.25, 0.3) is 33.1 Å². The fourth-order valence-corrected chi connectivity index (χ4v) is 17.7. The molecular formula is C78H133B3Br2N12O9Si2. The van der Waals surface area contributed by atoms with Crippen molar-refractivity contribution in [3.05, 3.63) is 46.1 Å². The molecule has 3 aliphatic heterocycles. The summed E-state index contributed by atoms with van der Waals surface area (Å²) in [6.07, 6.45) is 32.3. The zero-order chi connectivity index (χ0) is 78.0. The molecule has 4 N–H and O–H groups in total. The Morgan fingerprint density at radius 2 is 0.736 bits per heavy atom. The molecule has 3 saturated heterocycles. The standard InChI is InChI=1S/C28H49BN4O3Si.C22H37BrN4OSi.C16H23BrN4O.C12H24B2O4/c1-11-12-17-30-25-31-18-22-23(29-35-27(5,6)28(7,8)36-29)19-33(24(22)32-25)20-13-15-21(16-14-20)34-37(9,10)26(2,3)4;1-7-8-13-24-21-25-14-18-19(23)15-27(20(18)26-21)16-9-11-17(12-10-16)28-29(5,6)22(2,3)4;1-2-3-8-18-16-19-9-13-14(17)10-21(15(13)20-16)11-4-6-12(22)7-5-11;1-9(2)10(3,4)16-13(15-9)14-17-11(5,6)12(7,8)18-14/h18-21H,11-17H2,1-10H3,(H,30,31,32);14-17H,7-13H2,1-6H3,(H,24,25,26);9-12,22H,2-8H2,1H3,(H,18,19,20);1-8H3. The number of unbranched alkanes of at least 4 members (excludes halogenated alkanes) is 3. The van der Waals surface area contributed by atoms with Gasteiger partial charge in [0.25, 0.3) is 0 Å². The van der Waals surface area contributed by atoms with Crippen molar-refractivity contribution in [2.45, 2.75) is 367 Å². The first-order valence-corrected chi connectivity index (χ1v) is 47.5. The third-order valence-electron chi connectivity index (χ3n) is 25.0. The Kier molecular flexibility index (Phi) is 28.1. The van der Waals surface area contributed by atoms with Gasteiger partial charge < -0.3 is 71.5 Å². The van der Waals surface area contributed by atoms with E-state index in [4.69, 9.17) is 51.7 Å². The summed E-state index contributed by atoms with van der Waals surface area (Å²) in [7, 11) is -4.86. The van der Waals surface area contributed by atoms with E-state index >= 15 is 0 Å². The molecule has 6 aromatic heterocycles. The van der Waals surface area contributed by atoms with E-state index in [1.165, 1.54) is 0 Å². The van der Waals surface area contributed by atoms with Gasteiger partial charge in [0.2, 0.25) is 17.8 Å². The molecule has 3 saturated carbocycles. The molecule has 590 valence electrons. The first-order valence-electron chi connectivity index (χ1n) is 40.1. The van der Waals surface area contributed by atoms with Crippen LogP contribution < -0.4 is 21.4 Å². The Bertz CT molecular complexity index is 3770.